The quantitative estimate of drug-likeness (QED) is 0.610. The second-order valence-corrected chi connectivity index (χ2v) is 7.37. The molecule has 7 heteroatoms. The maximum atomic E-state index is 12.0. The van der Waals surface area contributed by atoms with E-state index >= 15 is 0 Å². The number of nitrogen functional groups attached to an aromatic ring is 1. The van der Waals surface area contributed by atoms with Crippen molar-refractivity contribution in [1.29, 1.82) is 0 Å². The van der Waals surface area contributed by atoms with Crippen molar-refractivity contribution < 1.29 is 13.5 Å². The summed E-state index contributed by atoms with van der Waals surface area (Å²) in [6, 6.07) is 4.83. The highest BCUT2D eigenvalue weighted by Gasteiger charge is 2.21. The zero-order valence-corrected chi connectivity index (χ0v) is 13.0. The van der Waals surface area contributed by atoms with Crippen molar-refractivity contribution in [1.82, 2.24) is 4.72 Å². The summed E-state index contributed by atoms with van der Waals surface area (Å²) in [6.45, 7) is 0.697. The van der Waals surface area contributed by atoms with E-state index in [1.807, 2.05) is 0 Å². The number of hydrogen-bond acceptors (Lipinski definition) is 5. The summed E-state index contributed by atoms with van der Waals surface area (Å²) >= 11 is 0. The van der Waals surface area contributed by atoms with Crippen LogP contribution < -0.4 is 15.8 Å². The SMILES string of the molecule is CNS(=O)(=O)c1cc(N)ccc1NCC1CCC(O)CC1. The zero-order chi connectivity index (χ0) is 15.5. The first-order chi connectivity index (χ1) is 9.92. The third-order valence-electron chi connectivity index (χ3n) is 3.96. The number of sulfonamides is 1. The molecule has 1 fully saturated rings. The zero-order valence-electron chi connectivity index (χ0n) is 12.2. The standard InChI is InChI=1S/C14H23N3O3S/c1-16-21(19,20)14-8-11(15)4-7-13(14)17-9-10-2-5-12(18)6-3-10/h4,7-8,10,12,16-18H,2-3,5-6,9,15H2,1H3. The van der Waals surface area contributed by atoms with E-state index in [1.165, 1.54) is 13.1 Å². The third kappa shape index (κ3) is 4.09. The van der Waals surface area contributed by atoms with Gasteiger partial charge in [-0.15, -0.1) is 0 Å². The Labute approximate surface area is 125 Å². The Morgan fingerprint density at radius 3 is 2.57 bits per heavy atom. The highest BCUT2D eigenvalue weighted by atomic mass is 32.2. The fourth-order valence-electron chi connectivity index (χ4n) is 2.62. The molecule has 0 amide bonds. The van der Waals surface area contributed by atoms with Gasteiger partial charge in [-0.1, -0.05) is 0 Å². The Hall–Kier alpha value is -1.31. The topological polar surface area (TPSA) is 104 Å². The van der Waals surface area contributed by atoms with Gasteiger partial charge in [0.25, 0.3) is 0 Å². The fraction of sp³-hybridized carbons (Fsp3) is 0.571. The van der Waals surface area contributed by atoms with Gasteiger partial charge in [-0.2, -0.15) is 0 Å². The van der Waals surface area contributed by atoms with Crippen LogP contribution >= 0.6 is 0 Å². The molecule has 0 unspecified atom stereocenters. The minimum Gasteiger partial charge on any atom is -0.399 e. The van der Waals surface area contributed by atoms with E-state index < -0.39 is 10.0 Å². The van der Waals surface area contributed by atoms with Crippen LogP contribution in [0, 0.1) is 5.92 Å². The molecule has 1 aromatic rings. The second-order valence-electron chi connectivity index (χ2n) is 5.52. The fourth-order valence-corrected chi connectivity index (χ4v) is 3.56. The Bertz CT molecular complexity index is 581. The van der Waals surface area contributed by atoms with Gasteiger partial charge in [0, 0.05) is 12.2 Å². The number of aliphatic hydroxyl groups excluding tert-OH is 1. The Balaban J connectivity index is 2.10. The molecular formula is C14H23N3O3S. The molecule has 5 N–H and O–H groups in total. The summed E-state index contributed by atoms with van der Waals surface area (Å²) < 4.78 is 26.4. The van der Waals surface area contributed by atoms with Crippen molar-refractivity contribution >= 4 is 21.4 Å². The molecule has 6 nitrogen and oxygen atoms in total. The van der Waals surface area contributed by atoms with Gasteiger partial charge in [0.15, 0.2) is 0 Å². The minimum absolute atomic E-state index is 0.167. The summed E-state index contributed by atoms with van der Waals surface area (Å²) in [5.41, 5.74) is 6.66. The first kappa shape index (κ1) is 16.1. The van der Waals surface area contributed by atoms with Crippen LogP contribution in [-0.4, -0.2) is 33.2 Å². The van der Waals surface area contributed by atoms with Crippen LogP contribution in [0.25, 0.3) is 0 Å². The average molecular weight is 313 g/mol. The number of hydrogen-bond donors (Lipinski definition) is 4. The molecule has 0 bridgehead atoms. The van der Waals surface area contributed by atoms with E-state index in [4.69, 9.17) is 5.73 Å². The summed E-state index contributed by atoms with van der Waals surface area (Å²) in [4.78, 5) is 0.167. The van der Waals surface area contributed by atoms with Gasteiger partial charge >= 0.3 is 0 Å². The highest BCUT2D eigenvalue weighted by Crippen LogP contribution is 2.27. The van der Waals surface area contributed by atoms with Crippen LogP contribution in [0.4, 0.5) is 11.4 Å². The molecule has 118 valence electrons. The third-order valence-corrected chi connectivity index (χ3v) is 5.42. The predicted molar refractivity (Wildman–Crippen MR) is 83.6 cm³/mol. The smallest absolute Gasteiger partial charge is 0.242 e. The average Bonchev–Trinajstić information content (AvgIpc) is 2.47. The van der Waals surface area contributed by atoms with Crippen LogP contribution in [0.3, 0.4) is 0 Å². The molecule has 0 aliphatic heterocycles. The Morgan fingerprint density at radius 2 is 1.95 bits per heavy atom. The minimum atomic E-state index is -3.55. The molecule has 0 atom stereocenters. The molecule has 2 rings (SSSR count). The van der Waals surface area contributed by atoms with Crippen LogP contribution in [-0.2, 0) is 10.0 Å². The van der Waals surface area contributed by atoms with Crippen molar-refractivity contribution in [2.24, 2.45) is 5.92 Å². The van der Waals surface area contributed by atoms with Gasteiger partial charge in [-0.25, -0.2) is 13.1 Å². The van der Waals surface area contributed by atoms with Gasteiger partial charge < -0.3 is 16.2 Å². The molecule has 0 heterocycles. The molecule has 0 saturated heterocycles. The molecule has 1 aliphatic carbocycles. The van der Waals surface area contributed by atoms with E-state index in [9.17, 15) is 13.5 Å². The number of nitrogens with one attached hydrogen (secondary N) is 2. The molecule has 1 aromatic carbocycles. The van der Waals surface area contributed by atoms with Gasteiger partial charge in [-0.05, 0) is 56.8 Å². The van der Waals surface area contributed by atoms with Crippen molar-refractivity contribution in [3.63, 3.8) is 0 Å². The van der Waals surface area contributed by atoms with E-state index in [0.717, 1.165) is 25.7 Å². The molecule has 1 aliphatic rings. The van der Waals surface area contributed by atoms with Crippen LogP contribution in [0.5, 0.6) is 0 Å². The lowest BCUT2D eigenvalue weighted by Gasteiger charge is -2.26. The van der Waals surface area contributed by atoms with Crippen LogP contribution in [0.2, 0.25) is 0 Å². The first-order valence-electron chi connectivity index (χ1n) is 7.17. The largest absolute Gasteiger partial charge is 0.399 e. The van der Waals surface area contributed by atoms with E-state index in [-0.39, 0.29) is 11.0 Å². The van der Waals surface area contributed by atoms with Crippen LogP contribution in [0.1, 0.15) is 25.7 Å². The molecule has 0 aromatic heterocycles. The predicted octanol–water partition coefficient (Wildman–Crippen LogP) is 1.14. The van der Waals surface area contributed by atoms with Crippen molar-refractivity contribution in [3.05, 3.63) is 18.2 Å². The lowest BCUT2D eigenvalue weighted by molar-refractivity contribution is 0.111. The van der Waals surface area contributed by atoms with Gasteiger partial charge in [0.05, 0.1) is 11.8 Å². The molecular weight excluding hydrogens is 290 g/mol. The Morgan fingerprint density at radius 1 is 1.29 bits per heavy atom. The van der Waals surface area contributed by atoms with Gasteiger partial charge in [-0.3, -0.25) is 0 Å². The molecule has 1 saturated carbocycles. The number of rotatable bonds is 5. The number of benzene rings is 1. The summed E-state index contributed by atoms with van der Waals surface area (Å²) in [5.74, 6) is 0.455. The maximum Gasteiger partial charge on any atom is 0.242 e. The van der Waals surface area contributed by atoms with Gasteiger partial charge in [0.2, 0.25) is 10.0 Å². The van der Waals surface area contributed by atoms with Crippen LogP contribution in [0.15, 0.2) is 23.1 Å². The molecule has 0 radical (unpaired) electrons. The van der Waals surface area contributed by atoms with Gasteiger partial charge in [0.1, 0.15) is 4.90 Å². The number of aliphatic hydroxyl groups is 1. The van der Waals surface area contributed by atoms with Crippen molar-refractivity contribution in [2.75, 3.05) is 24.6 Å². The maximum absolute atomic E-state index is 12.0. The summed E-state index contributed by atoms with van der Waals surface area (Å²) in [7, 11) is -2.17. The summed E-state index contributed by atoms with van der Waals surface area (Å²) in [5, 5.41) is 12.7. The van der Waals surface area contributed by atoms with E-state index in [0.29, 0.717) is 23.8 Å². The highest BCUT2D eigenvalue weighted by molar-refractivity contribution is 7.89. The summed E-state index contributed by atoms with van der Waals surface area (Å²) in [6.07, 6.45) is 3.36. The monoisotopic (exact) mass is 313 g/mol. The first-order valence-corrected chi connectivity index (χ1v) is 8.65. The second kappa shape index (κ2) is 6.64. The normalized spacial score (nSPS) is 23.0. The van der Waals surface area contributed by atoms with E-state index in [2.05, 4.69) is 10.0 Å². The van der Waals surface area contributed by atoms with Crippen molar-refractivity contribution in [3.8, 4) is 0 Å². The van der Waals surface area contributed by atoms with E-state index in [1.54, 1.807) is 12.1 Å². The lowest BCUT2D eigenvalue weighted by atomic mass is 9.87. The lowest BCUT2D eigenvalue weighted by Crippen LogP contribution is -2.25. The molecule has 0 spiro atoms. The molecule has 21 heavy (non-hydrogen) atoms. The number of anilines is 2. The number of nitrogens with two attached hydrogens (primary N) is 1. The Kier molecular flexibility index (Phi) is 5.08. The van der Waals surface area contributed by atoms with Crippen molar-refractivity contribution in [2.45, 2.75) is 36.7 Å².